The number of ether oxygens (including phenoxy) is 1. The van der Waals surface area contributed by atoms with Crippen LogP contribution in [0.3, 0.4) is 0 Å². The summed E-state index contributed by atoms with van der Waals surface area (Å²) in [5.74, 6) is -0.193. The van der Waals surface area contributed by atoms with Gasteiger partial charge in [-0.15, -0.1) is 0 Å². The summed E-state index contributed by atoms with van der Waals surface area (Å²) in [5.41, 5.74) is 3.31. The molecule has 0 saturated heterocycles. The number of hydrogen-bond acceptors (Lipinski definition) is 3. The molecule has 106 valence electrons. The molecule has 1 atom stereocenters. The van der Waals surface area contributed by atoms with Gasteiger partial charge in [0.2, 0.25) is 0 Å². The second-order valence-corrected chi connectivity index (χ2v) is 5.08. The fraction of sp³-hybridized carbons (Fsp3) is 0.375. The lowest BCUT2D eigenvalue weighted by atomic mass is 10.0. The fourth-order valence-electron chi connectivity index (χ4n) is 2.25. The number of carbonyl (C=O) groups excluding carboxylic acids is 1. The SMILES string of the molecule is Cc1cccc(C)c1CC(=O)O[C@@H](C)Cn1cccn1. The predicted octanol–water partition coefficient (Wildman–Crippen LogP) is 2.67. The van der Waals surface area contributed by atoms with Crippen LogP contribution in [0.4, 0.5) is 0 Å². The first kappa shape index (κ1) is 14.3. The van der Waals surface area contributed by atoms with Gasteiger partial charge in [-0.2, -0.15) is 5.10 Å². The van der Waals surface area contributed by atoms with Crippen molar-refractivity contribution >= 4 is 5.97 Å². The van der Waals surface area contributed by atoms with E-state index in [1.807, 2.05) is 51.2 Å². The largest absolute Gasteiger partial charge is 0.460 e. The maximum atomic E-state index is 12.0. The van der Waals surface area contributed by atoms with Crippen LogP contribution in [0.25, 0.3) is 0 Å². The van der Waals surface area contributed by atoms with E-state index in [1.165, 1.54) is 0 Å². The fourth-order valence-corrected chi connectivity index (χ4v) is 2.25. The van der Waals surface area contributed by atoms with Crippen LogP contribution in [-0.4, -0.2) is 21.9 Å². The molecule has 1 aromatic heterocycles. The summed E-state index contributed by atoms with van der Waals surface area (Å²) in [6.45, 7) is 6.49. The third-order valence-electron chi connectivity index (χ3n) is 3.30. The number of aryl methyl sites for hydroxylation is 2. The van der Waals surface area contributed by atoms with Crippen molar-refractivity contribution in [2.75, 3.05) is 0 Å². The van der Waals surface area contributed by atoms with Crippen molar-refractivity contribution in [3.63, 3.8) is 0 Å². The van der Waals surface area contributed by atoms with Crippen molar-refractivity contribution in [2.45, 2.75) is 39.8 Å². The number of carbonyl (C=O) groups is 1. The Morgan fingerprint density at radius 2 is 2.00 bits per heavy atom. The maximum Gasteiger partial charge on any atom is 0.310 e. The molecule has 0 saturated carbocycles. The Morgan fingerprint density at radius 3 is 2.60 bits per heavy atom. The quantitative estimate of drug-likeness (QED) is 0.786. The molecule has 1 aromatic carbocycles. The Morgan fingerprint density at radius 1 is 1.30 bits per heavy atom. The molecule has 0 bridgehead atoms. The zero-order valence-corrected chi connectivity index (χ0v) is 12.2. The van der Waals surface area contributed by atoms with Gasteiger partial charge in [0.1, 0.15) is 6.10 Å². The molecule has 0 spiro atoms. The van der Waals surface area contributed by atoms with Gasteiger partial charge in [-0.3, -0.25) is 9.48 Å². The number of aromatic nitrogens is 2. The van der Waals surface area contributed by atoms with Crippen LogP contribution >= 0.6 is 0 Å². The molecule has 0 N–H and O–H groups in total. The van der Waals surface area contributed by atoms with Gasteiger partial charge in [-0.05, 0) is 43.5 Å². The van der Waals surface area contributed by atoms with Gasteiger partial charge in [0, 0.05) is 12.4 Å². The molecule has 4 heteroatoms. The molecule has 2 aromatic rings. The molecule has 0 unspecified atom stereocenters. The normalized spacial score (nSPS) is 12.2. The van der Waals surface area contributed by atoms with Gasteiger partial charge in [0.25, 0.3) is 0 Å². The molecule has 0 fully saturated rings. The lowest BCUT2D eigenvalue weighted by molar-refractivity contribution is -0.148. The van der Waals surface area contributed by atoms with Crippen LogP contribution in [-0.2, 0) is 22.5 Å². The summed E-state index contributed by atoms with van der Waals surface area (Å²) in [4.78, 5) is 12.0. The maximum absolute atomic E-state index is 12.0. The van der Waals surface area contributed by atoms with Crippen molar-refractivity contribution in [3.8, 4) is 0 Å². The highest BCUT2D eigenvalue weighted by Gasteiger charge is 2.13. The molecule has 0 amide bonds. The lowest BCUT2D eigenvalue weighted by Gasteiger charge is -2.15. The summed E-state index contributed by atoms with van der Waals surface area (Å²) >= 11 is 0. The minimum atomic E-state index is -0.193. The van der Waals surface area contributed by atoms with Gasteiger partial charge < -0.3 is 4.74 Å². The summed E-state index contributed by atoms with van der Waals surface area (Å²) in [6.07, 6.45) is 3.70. The van der Waals surface area contributed by atoms with E-state index in [4.69, 9.17) is 4.74 Å². The smallest absolute Gasteiger partial charge is 0.310 e. The number of esters is 1. The second kappa shape index (κ2) is 6.37. The number of rotatable bonds is 5. The van der Waals surface area contributed by atoms with Crippen LogP contribution in [0.15, 0.2) is 36.7 Å². The van der Waals surface area contributed by atoms with Crippen molar-refractivity contribution in [2.24, 2.45) is 0 Å². The molecule has 0 radical (unpaired) electrons. The van der Waals surface area contributed by atoms with Crippen molar-refractivity contribution in [1.82, 2.24) is 9.78 Å². The third kappa shape index (κ3) is 3.70. The first-order valence-corrected chi connectivity index (χ1v) is 6.78. The van der Waals surface area contributed by atoms with Crippen LogP contribution in [0.2, 0.25) is 0 Å². The van der Waals surface area contributed by atoms with E-state index in [0.717, 1.165) is 16.7 Å². The monoisotopic (exact) mass is 272 g/mol. The van der Waals surface area contributed by atoms with E-state index in [1.54, 1.807) is 10.9 Å². The number of nitrogens with zero attached hydrogens (tertiary/aromatic N) is 2. The number of hydrogen-bond donors (Lipinski definition) is 0. The van der Waals surface area contributed by atoms with Gasteiger partial charge in [0.15, 0.2) is 0 Å². The molecule has 2 rings (SSSR count). The Balaban J connectivity index is 1.92. The average Bonchev–Trinajstić information content (AvgIpc) is 2.86. The minimum Gasteiger partial charge on any atom is -0.460 e. The van der Waals surface area contributed by atoms with Gasteiger partial charge >= 0.3 is 5.97 Å². The summed E-state index contributed by atoms with van der Waals surface area (Å²) in [6, 6.07) is 7.89. The summed E-state index contributed by atoms with van der Waals surface area (Å²) in [5, 5.41) is 4.10. The Bertz CT molecular complexity index is 556. The van der Waals surface area contributed by atoms with Crippen LogP contribution in [0.1, 0.15) is 23.6 Å². The van der Waals surface area contributed by atoms with E-state index < -0.39 is 0 Å². The van der Waals surface area contributed by atoms with E-state index in [-0.39, 0.29) is 12.1 Å². The van der Waals surface area contributed by atoms with E-state index in [9.17, 15) is 4.79 Å². The zero-order chi connectivity index (χ0) is 14.5. The van der Waals surface area contributed by atoms with Gasteiger partial charge in [-0.1, -0.05) is 18.2 Å². The molecule has 20 heavy (non-hydrogen) atoms. The first-order chi connectivity index (χ1) is 9.56. The highest BCUT2D eigenvalue weighted by Crippen LogP contribution is 2.14. The molecule has 4 nitrogen and oxygen atoms in total. The van der Waals surface area contributed by atoms with Crippen LogP contribution < -0.4 is 0 Å². The minimum absolute atomic E-state index is 0.188. The van der Waals surface area contributed by atoms with E-state index in [2.05, 4.69) is 5.10 Å². The zero-order valence-electron chi connectivity index (χ0n) is 12.2. The summed E-state index contributed by atoms with van der Waals surface area (Å²) < 4.78 is 7.20. The topological polar surface area (TPSA) is 44.1 Å². The van der Waals surface area contributed by atoms with Crippen LogP contribution in [0, 0.1) is 13.8 Å². The highest BCUT2D eigenvalue weighted by atomic mass is 16.5. The molecule has 0 aliphatic heterocycles. The van der Waals surface area contributed by atoms with Gasteiger partial charge in [0.05, 0.1) is 13.0 Å². The summed E-state index contributed by atoms with van der Waals surface area (Å²) in [7, 11) is 0. The van der Waals surface area contributed by atoms with Gasteiger partial charge in [-0.25, -0.2) is 0 Å². The van der Waals surface area contributed by atoms with E-state index in [0.29, 0.717) is 13.0 Å². The average molecular weight is 272 g/mol. The molecular formula is C16H20N2O2. The first-order valence-electron chi connectivity index (χ1n) is 6.78. The molecule has 0 aliphatic rings. The molecule has 1 heterocycles. The highest BCUT2D eigenvalue weighted by molar-refractivity contribution is 5.73. The van der Waals surface area contributed by atoms with E-state index >= 15 is 0 Å². The Labute approximate surface area is 119 Å². The molecular weight excluding hydrogens is 252 g/mol. The standard InChI is InChI=1S/C16H20N2O2/c1-12-6-4-7-13(2)15(12)10-16(19)20-14(3)11-18-9-5-8-17-18/h4-9,14H,10-11H2,1-3H3/t14-/m0/s1. The predicted molar refractivity (Wildman–Crippen MR) is 77.4 cm³/mol. The number of benzene rings is 1. The second-order valence-electron chi connectivity index (χ2n) is 5.08. The Hall–Kier alpha value is -2.10. The lowest BCUT2D eigenvalue weighted by Crippen LogP contribution is -2.22. The van der Waals surface area contributed by atoms with Crippen LogP contribution in [0.5, 0.6) is 0 Å². The molecule has 0 aliphatic carbocycles. The van der Waals surface area contributed by atoms with Crippen molar-refractivity contribution in [1.29, 1.82) is 0 Å². The van der Waals surface area contributed by atoms with Crippen molar-refractivity contribution < 1.29 is 9.53 Å². The Kier molecular flexibility index (Phi) is 4.56. The van der Waals surface area contributed by atoms with Crippen molar-refractivity contribution in [3.05, 3.63) is 53.3 Å². The third-order valence-corrected chi connectivity index (χ3v) is 3.30.